The fraction of sp³-hybridized carbons (Fsp3) is 0.933. The van der Waals surface area contributed by atoms with Crippen LogP contribution in [-0.2, 0) is 4.79 Å². The SMILES string of the molecule is CC(C)NC(=O)C(C)NC1CCC12CCCCC2. The average molecular weight is 252 g/mol. The standard InChI is InChI=1S/C15H28N2O/c1-11(2)16-14(18)12(3)17-13-7-10-15(13)8-5-4-6-9-15/h11-13,17H,4-10H2,1-3H3,(H,16,18). The second-order valence-corrected chi connectivity index (χ2v) is 6.57. The molecular weight excluding hydrogens is 224 g/mol. The van der Waals surface area contributed by atoms with Crippen molar-refractivity contribution in [1.29, 1.82) is 0 Å². The van der Waals surface area contributed by atoms with E-state index in [0.29, 0.717) is 11.5 Å². The Labute approximate surface area is 111 Å². The maximum absolute atomic E-state index is 11.9. The van der Waals surface area contributed by atoms with E-state index < -0.39 is 0 Å². The Morgan fingerprint density at radius 1 is 1.11 bits per heavy atom. The molecule has 2 unspecified atom stereocenters. The summed E-state index contributed by atoms with van der Waals surface area (Å²) in [6.07, 6.45) is 9.50. The topological polar surface area (TPSA) is 41.1 Å². The van der Waals surface area contributed by atoms with Gasteiger partial charge in [0, 0.05) is 12.1 Å². The van der Waals surface area contributed by atoms with Gasteiger partial charge in [-0.1, -0.05) is 19.3 Å². The summed E-state index contributed by atoms with van der Waals surface area (Å²) in [6.45, 7) is 6.01. The lowest BCUT2D eigenvalue weighted by Gasteiger charge is -2.53. The molecule has 0 radical (unpaired) electrons. The first-order valence-corrected chi connectivity index (χ1v) is 7.60. The first-order chi connectivity index (χ1) is 8.53. The van der Waals surface area contributed by atoms with Gasteiger partial charge in [0.1, 0.15) is 0 Å². The van der Waals surface area contributed by atoms with Crippen molar-refractivity contribution in [2.45, 2.75) is 83.8 Å². The molecule has 2 atom stereocenters. The van der Waals surface area contributed by atoms with E-state index in [1.54, 1.807) is 0 Å². The fourth-order valence-electron chi connectivity index (χ4n) is 3.60. The minimum absolute atomic E-state index is 0.0588. The molecule has 3 nitrogen and oxygen atoms in total. The Morgan fingerprint density at radius 3 is 2.28 bits per heavy atom. The molecule has 3 heteroatoms. The third-order valence-electron chi connectivity index (χ3n) is 4.79. The number of rotatable bonds is 4. The van der Waals surface area contributed by atoms with Crippen molar-refractivity contribution in [2.24, 2.45) is 5.41 Å². The van der Waals surface area contributed by atoms with Crippen molar-refractivity contribution in [1.82, 2.24) is 10.6 Å². The molecule has 2 fully saturated rings. The summed E-state index contributed by atoms with van der Waals surface area (Å²) in [5.74, 6) is 0.142. The molecule has 18 heavy (non-hydrogen) atoms. The third-order valence-corrected chi connectivity index (χ3v) is 4.79. The molecule has 1 amide bonds. The molecule has 0 bridgehead atoms. The molecule has 0 heterocycles. The number of carbonyl (C=O) groups excluding carboxylic acids is 1. The van der Waals surface area contributed by atoms with Crippen LogP contribution in [0, 0.1) is 5.41 Å². The molecule has 0 aromatic rings. The van der Waals surface area contributed by atoms with Gasteiger partial charge in [0.15, 0.2) is 0 Å². The number of hydrogen-bond donors (Lipinski definition) is 2. The molecule has 1 spiro atoms. The summed E-state index contributed by atoms with van der Waals surface area (Å²) in [4.78, 5) is 11.9. The summed E-state index contributed by atoms with van der Waals surface area (Å²) in [5.41, 5.74) is 0.532. The molecular formula is C15H28N2O. The Kier molecular flexibility index (Phi) is 4.31. The van der Waals surface area contributed by atoms with Gasteiger partial charge >= 0.3 is 0 Å². The molecule has 2 N–H and O–H groups in total. The van der Waals surface area contributed by atoms with Gasteiger partial charge in [-0.3, -0.25) is 4.79 Å². The minimum Gasteiger partial charge on any atom is -0.353 e. The molecule has 2 saturated carbocycles. The van der Waals surface area contributed by atoms with E-state index in [1.165, 1.54) is 44.9 Å². The highest BCUT2D eigenvalue weighted by molar-refractivity contribution is 5.81. The largest absolute Gasteiger partial charge is 0.353 e. The zero-order valence-electron chi connectivity index (χ0n) is 12.1. The van der Waals surface area contributed by atoms with Crippen LogP contribution in [0.3, 0.4) is 0 Å². The van der Waals surface area contributed by atoms with Crippen LogP contribution in [0.1, 0.15) is 65.7 Å². The van der Waals surface area contributed by atoms with Crippen molar-refractivity contribution in [3.63, 3.8) is 0 Å². The van der Waals surface area contributed by atoms with E-state index in [9.17, 15) is 4.79 Å². The van der Waals surface area contributed by atoms with Crippen molar-refractivity contribution >= 4 is 5.91 Å². The van der Waals surface area contributed by atoms with Crippen LogP contribution in [0.5, 0.6) is 0 Å². The van der Waals surface area contributed by atoms with Gasteiger partial charge in [-0.05, 0) is 51.9 Å². The lowest BCUT2D eigenvalue weighted by molar-refractivity contribution is -0.124. The zero-order chi connectivity index (χ0) is 13.2. The van der Waals surface area contributed by atoms with Crippen LogP contribution < -0.4 is 10.6 Å². The van der Waals surface area contributed by atoms with E-state index in [1.807, 2.05) is 20.8 Å². The Balaban J connectivity index is 1.84. The maximum Gasteiger partial charge on any atom is 0.237 e. The van der Waals surface area contributed by atoms with E-state index in [-0.39, 0.29) is 18.0 Å². The molecule has 0 aromatic heterocycles. The monoisotopic (exact) mass is 252 g/mol. The second-order valence-electron chi connectivity index (χ2n) is 6.57. The quantitative estimate of drug-likeness (QED) is 0.807. The molecule has 0 aliphatic heterocycles. The zero-order valence-corrected chi connectivity index (χ0v) is 12.1. The summed E-state index contributed by atoms with van der Waals surface area (Å²) >= 11 is 0. The molecule has 104 valence electrons. The maximum atomic E-state index is 11.9. The number of carbonyl (C=O) groups is 1. The predicted molar refractivity (Wildman–Crippen MR) is 74.4 cm³/mol. The Morgan fingerprint density at radius 2 is 1.78 bits per heavy atom. The Hall–Kier alpha value is -0.570. The van der Waals surface area contributed by atoms with Crippen LogP contribution >= 0.6 is 0 Å². The van der Waals surface area contributed by atoms with Crippen molar-refractivity contribution < 1.29 is 4.79 Å². The van der Waals surface area contributed by atoms with Crippen LogP contribution in [0.2, 0.25) is 0 Å². The third kappa shape index (κ3) is 2.87. The number of hydrogen-bond acceptors (Lipinski definition) is 2. The van der Waals surface area contributed by atoms with Crippen molar-refractivity contribution in [2.75, 3.05) is 0 Å². The average Bonchev–Trinajstić information content (AvgIpc) is 2.34. The first kappa shape index (κ1) is 13.9. The minimum atomic E-state index is -0.0588. The van der Waals surface area contributed by atoms with Gasteiger partial charge in [0.05, 0.1) is 6.04 Å². The molecule has 0 aromatic carbocycles. The summed E-state index contributed by atoms with van der Waals surface area (Å²) in [6, 6.07) is 0.744. The lowest BCUT2D eigenvalue weighted by Crippen LogP contribution is -2.59. The highest BCUT2D eigenvalue weighted by atomic mass is 16.2. The van der Waals surface area contributed by atoms with Crippen LogP contribution in [0.15, 0.2) is 0 Å². The number of amides is 1. The summed E-state index contributed by atoms with van der Waals surface area (Å²) in [7, 11) is 0. The lowest BCUT2D eigenvalue weighted by atomic mass is 9.57. The molecule has 2 aliphatic carbocycles. The molecule has 2 rings (SSSR count). The molecule has 2 aliphatic rings. The summed E-state index contributed by atoms with van der Waals surface area (Å²) in [5, 5.41) is 6.56. The first-order valence-electron chi connectivity index (χ1n) is 7.60. The van der Waals surface area contributed by atoms with Gasteiger partial charge in [-0.15, -0.1) is 0 Å². The Bertz CT molecular complexity index is 295. The van der Waals surface area contributed by atoms with Crippen LogP contribution in [-0.4, -0.2) is 24.0 Å². The van der Waals surface area contributed by atoms with Crippen LogP contribution in [0.25, 0.3) is 0 Å². The second kappa shape index (κ2) is 5.60. The van der Waals surface area contributed by atoms with E-state index in [2.05, 4.69) is 10.6 Å². The smallest absolute Gasteiger partial charge is 0.237 e. The summed E-state index contributed by atoms with van der Waals surface area (Å²) < 4.78 is 0. The van der Waals surface area contributed by atoms with Crippen LogP contribution in [0.4, 0.5) is 0 Å². The molecule has 0 saturated heterocycles. The van der Waals surface area contributed by atoms with Crippen molar-refractivity contribution in [3.05, 3.63) is 0 Å². The highest BCUT2D eigenvalue weighted by Crippen LogP contribution is 2.51. The highest BCUT2D eigenvalue weighted by Gasteiger charge is 2.47. The number of nitrogens with one attached hydrogen (secondary N) is 2. The van der Waals surface area contributed by atoms with Gasteiger partial charge < -0.3 is 10.6 Å². The van der Waals surface area contributed by atoms with Gasteiger partial charge in [0.2, 0.25) is 5.91 Å². The van der Waals surface area contributed by atoms with Crippen molar-refractivity contribution in [3.8, 4) is 0 Å². The van der Waals surface area contributed by atoms with E-state index in [0.717, 1.165) is 0 Å². The fourth-order valence-corrected chi connectivity index (χ4v) is 3.60. The van der Waals surface area contributed by atoms with E-state index in [4.69, 9.17) is 0 Å². The van der Waals surface area contributed by atoms with Gasteiger partial charge in [-0.2, -0.15) is 0 Å². The van der Waals surface area contributed by atoms with Gasteiger partial charge in [-0.25, -0.2) is 0 Å². The van der Waals surface area contributed by atoms with Gasteiger partial charge in [0.25, 0.3) is 0 Å². The predicted octanol–water partition coefficient (Wildman–Crippen LogP) is 2.60. The normalized spacial score (nSPS) is 27.9. The van der Waals surface area contributed by atoms with E-state index >= 15 is 0 Å².